The predicted octanol–water partition coefficient (Wildman–Crippen LogP) is 4.67. The van der Waals surface area contributed by atoms with Crippen LogP contribution in [0, 0.1) is 6.92 Å². The van der Waals surface area contributed by atoms with Gasteiger partial charge < -0.3 is 20.9 Å². The van der Waals surface area contributed by atoms with Gasteiger partial charge in [-0.25, -0.2) is 4.79 Å². The molecule has 0 saturated carbocycles. The number of urea groups is 1. The van der Waals surface area contributed by atoms with Crippen molar-refractivity contribution in [3.8, 4) is 0 Å². The summed E-state index contributed by atoms with van der Waals surface area (Å²) in [6.45, 7) is 2.48. The van der Waals surface area contributed by atoms with Gasteiger partial charge in [0.05, 0.1) is 6.04 Å². The summed E-state index contributed by atoms with van der Waals surface area (Å²) in [4.78, 5) is 26.4. The Balaban J connectivity index is 1.30. The second-order valence-corrected chi connectivity index (χ2v) is 7.41. The molecule has 1 aliphatic rings. The summed E-state index contributed by atoms with van der Waals surface area (Å²) in [7, 11) is 0. The van der Waals surface area contributed by atoms with Crippen molar-refractivity contribution in [1.82, 2.24) is 5.32 Å². The van der Waals surface area contributed by atoms with Crippen LogP contribution in [0.4, 0.5) is 27.5 Å². The van der Waals surface area contributed by atoms with Gasteiger partial charge in [0.1, 0.15) is 0 Å². The number of nitrogens with zero attached hydrogens (tertiary/aromatic N) is 1. The van der Waals surface area contributed by atoms with E-state index in [1.807, 2.05) is 85.8 Å². The third-order valence-corrected chi connectivity index (χ3v) is 5.01. The highest BCUT2D eigenvalue weighted by Crippen LogP contribution is 2.22. The fraction of sp³-hybridized carbons (Fsp3) is 0.167. The lowest BCUT2D eigenvalue weighted by atomic mass is 10.2. The minimum Gasteiger partial charge on any atom is -0.356 e. The Labute approximate surface area is 175 Å². The van der Waals surface area contributed by atoms with Crippen LogP contribution in [0.2, 0.25) is 0 Å². The molecule has 152 valence electrons. The Bertz CT molecular complexity index is 1020. The van der Waals surface area contributed by atoms with Gasteiger partial charge in [-0.1, -0.05) is 35.9 Å². The molecule has 3 amide bonds. The standard InChI is InChI=1S/C24H24N4O2/c1-17-7-13-22(14-8-17)28-16-21(15-23(28)29)27-24(30)26-20-11-9-19(10-12-20)25-18-5-3-2-4-6-18/h2-14,21,25H,15-16H2,1H3,(H2,26,27,30)/t21-/m1/s1. The third kappa shape index (κ3) is 4.78. The van der Waals surface area contributed by atoms with Crippen molar-refractivity contribution in [2.24, 2.45) is 0 Å². The van der Waals surface area contributed by atoms with Gasteiger partial charge in [-0.2, -0.15) is 0 Å². The lowest BCUT2D eigenvalue weighted by molar-refractivity contribution is -0.117. The first-order chi connectivity index (χ1) is 14.6. The predicted molar refractivity (Wildman–Crippen MR) is 120 cm³/mol. The van der Waals surface area contributed by atoms with Crippen LogP contribution in [-0.4, -0.2) is 24.5 Å². The molecule has 3 aromatic carbocycles. The lowest BCUT2D eigenvalue weighted by Crippen LogP contribution is -2.39. The van der Waals surface area contributed by atoms with Crippen molar-refractivity contribution < 1.29 is 9.59 Å². The highest BCUT2D eigenvalue weighted by Gasteiger charge is 2.31. The van der Waals surface area contributed by atoms with Gasteiger partial charge in [0.2, 0.25) is 5.91 Å². The van der Waals surface area contributed by atoms with E-state index >= 15 is 0 Å². The third-order valence-electron chi connectivity index (χ3n) is 5.01. The number of carbonyl (C=O) groups excluding carboxylic acids is 2. The molecule has 1 aliphatic heterocycles. The van der Waals surface area contributed by atoms with E-state index in [1.54, 1.807) is 4.90 Å². The molecule has 3 N–H and O–H groups in total. The molecule has 0 aromatic heterocycles. The highest BCUT2D eigenvalue weighted by atomic mass is 16.2. The number of rotatable bonds is 5. The number of aryl methyl sites for hydroxylation is 1. The first-order valence-electron chi connectivity index (χ1n) is 9.93. The van der Waals surface area contributed by atoms with Gasteiger partial charge in [-0.15, -0.1) is 0 Å². The molecule has 1 fully saturated rings. The number of amides is 3. The molecule has 6 heteroatoms. The molecule has 0 bridgehead atoms. The van der Waals surface area contributed by atoms with Crippen molar-refractivity contribution in [3.63, 3.8) is 0 Å². The molecule has 30 heavy (non-hydrogen) atoms. The first-order valence-corrected chi connectivity index (χ1v) is 9.93. The van der Waals surface area contributed by atoms with Gasteiger partial charge in [0.25, 0.3) is 0 Å². The highest BCUT2D eigenvalue weighted by molar-refractivity contribution is 5.97. The number of hydrogen-bond acceptors (Lipinski definition) is 3. The summed E-state index contributed by atoms with van der Waals surface area (Å²) in [5.74, 6) is 0.0143. The zero-order valence-corrected chi connectivity index (χ0v) is 16.8. The molecule has 6 nitrogen and oxygen atoms in total. The van der Waals surface area contributed by atoms with E-state index in [1.165, 1.54) is 0 Å². The fourth-order valence-electron chi connectivity index (χ4n) is 3.46. The summed E-state index contributed by atoms with van der Waals surface area (Å²) >= 11 is 0. The van der Waals surface area contributed by atoms with Gasteiger partial charge in [-0.05, 0) is 55.5 Å². The Morgan fingerprint density at radius 1 is 0.867 bits per heavy atom. The Morgan fingerprint density at radius 3 is 2.20 bits per heavy atom. The van der Waals surface area contributed by atoms with Crippen molar-refractivity contribution in [3.05, 3.63) is 84.4 Å². The van der Waals surface area contributed by atoms with Crippen molar-refractivity contribution in [2.45, 2.75) is 19.4 Å². The van der Waals surface area contributed by atoms with E-state index in [4.69, 9.17) is 0 Å². The molecule has 0 unspecified atom stereocenters. The largest absolute Gasteiger partial charge is 0.356 e. The summed E-state index contributed by atoms with van der Waals surface area (Å²) in [6, 6.07) is 24.6. The molecule has 0 radical (unpaired) electrons. The zero-order chi connectivity index (χ0) is 20.9. The molecule has 1 saturated heterocycles. The first kappa shape index (κ1) is 19.5. The Morgan fingerprint density at radius 2 is 1.50 bits per heavy atom. The van der Waals surface area contributed by atoms with Crippen LogP contribution >= 0.6 is 0 Å². The summed E-state index contributed by atoms with van der Waals surface area (Å²) < 4.78 is 0. The molecular weight excluding hydrogens is 376 g/mol. The van der Waals surface area contributed by atoms with Gasteiger partial charge in [-0.3, -0.25) is 4.79 Å². The number of para-hydroxylation sites is 1. The van der Waals surface area contributed by atoms with Gasteiger partial charge in [0, 0.05) is 35.7 Å². The number of nitrogens with one attached hydrogen (secondary N) is 3. The lowest BCUT2D eigenvalue weighted by Gasteiger charge is -2.17. The van der Waals surface area contributed by atoms with E-state index < -0.39 is 0 Å². The average molecular weight is 400 g/mol. The smallest absolute Gasteiger partial charge is 0.319 e. The second kappa shape index (κ2) is 8.69. The van der Waals surface area contributed by atoms with Gasteiger partial charge in [0.15, 0.2) is 0 Å². The van der Waals surface area contributed by atoms with Crippen molar-refractivity contribution >= 4 is 34.7 Å². The maximum absolute atomic E-state index is 12.4. The van der Waals surface area contributed by atoms with Crippen molar-refractivity contribution in [2.75, 3.05) is 22.1 Å². The van der Waals surface area contributed by atoms with E-state index in [0.29, 0.717) is 18.7 Å². The molecule has 4 rings (SSSR count). The summed E-state index contributed by atoms with van der Waals surface area (Å²) in [6.07, 6.45) is 0.293. The van der Waals surface area contributed by atoms with Crippen LogP contribution in [-0.2, 0) is 4.79 Å². The van der Waals surface area contributed by atoms with Crippen LogP contribution < -0.4 is 20.9 Å². The van der Waals surface area contributed by atoms with Crippen LogP contribution in [0.15, 0.2) is 78.9 Å². The number of carbonyl (C=O) groups is 2. The maximum atomic E-state index is 12.4. The normalized spacial score (nSPS) is 15.7. The monoisotopic (exact) mass is 400 g/mol. The SMILES string of the molecule is Cc1ccc(N2C[C@H](NC(=O)Nc3ccc(Nc4ccccc4)cc3)CC2=O)cc1. The molecule has 3 aromatic rings. The molecule has 1 atom stereocenters. The van der Waals surface area contributed by atoms with Crippen molar-refractivity contribution in [1.29, 1.82) is 0 Å². The summed E-state index contributed by atoms with van der Waals surface area (Å²) in [5.41, 5.74) is 4.62. The maximum Gasteiger partial charge on any atom is 0.319 e. The minimum atomic E-state index is -0.317. The van der Waals surface area contributed by atoms with E-state index in [9.17, 15) is 9.59 Å². The summed E-state index contributed by atoms with van der Waals surface area (Å²) in [5, 5.41) is 9.02. The van der Waals surface area contributed by atoms with E-state index in [2.05, 4.69) is 16.0 Å². The van der Waals surface area contributed by atoms with Gasteiger partial charge >= 0.3 is 6.03 Å². The van der Waals surface area contributed by atoms with E-state index in [0.717, 1.165) is 22.6 Å². The second-order valence-electron chi connectivity index (χ2n) is 7.41. The molecular formula is C24H24N4O2. The van der Waals surface area contributed by atoms with Crippen LogP contribution in [0.25, 0.3) is 0 Å². The number of anilines is 4. The van der Waals surface area contributed by atoms with Crippen LogP contribution in [0.3, 0.4) is 0 Å². The average Bonchev–Trinajstić information content (AvgIpc) is 3.10. The number of hydrogen-bond donors (Lipinski definition) is 3. The fourth-order valence-corrected chi connectivity index (χ4v) is 3.46. The molecule has 1 heterocycles. The Kier molecular flexibility index (Phi) is 5.66. The van der Waals surface area contributed by atoms with Crippen LogP contribution in [0.5, 0.6) is 0 Å². The quantitative estimate of drug-likeness (QED) is 0.583. The van der Waals surface area contributed by atoms with E-state index in [-0.39, 0.29) is 18.0 Å². The Hall–Kier alpha value is -3.80. The molecule has 0 spiro atoms. The zero-order valence-electron chi connectivity index (χ0n) is 16.8. The minimum absolute atomic E-state index is 0.0143. The number of benzene rings is 3. The molecule has 0 aliphatic carbocycles. The topological polar surface area (TPSA) is 73.5 Å². The van der Waals surface area contributed by atoms with Crippen LogP contribution in [0.1, 0.15) is 12.0 Å².